The summed E-state index contributed by atoms with van der Waals surface area (Å²) in [6, 6.07) is 5.11. The number of hydrogen-bond acceptors (Lipinski definition) is 3. The van der Waals surface area contributed by atoms with Crippen LogP contribution in [0.15, 0.2) is 18.2 Å². The van der Waals surface area contributed by atoms with Crippen molar-refractivity contribution in [1.82, 2.24) is 5.32 Å². The van der Waals surface area contributed by atoms with Gasteiger partial charge in [-0.25, -0.2) is 0 Å². The van der Waals surface area contributed by atoms with Crippen molar-refractivity contribution in [3.8, 4) is 11.5 Å². The maximum atomic E-state index is 9.37. The molecule has 2 rings (SSSR count). The van der Waals surface area contributed by atoms with Gasteiger partial charge in [0.05, 0.1) is 0 Å². The second kappa shape index (κ2) is 4.53. The number of aromatic hydroxyl groups is 2. The lowest BCUT2D eigenvalue weighted by Gasteiger charge is -2.22. The molecule has 1 heterocycles. The molecule has 1 aromatic carbocycles. The Kier molecular flexibility index (Phi) is 3.11. The van der Waals surface area contributed by atoms with Crippen LogP contribution < -0.4 is 5.32 Å². The van der Waals surface area contributed by atoms with Crippen molar-refractivity contribution in [2.45, 2.75) is 19.3 Å². The molecule has 0 aromatic heterocycles. The Morgan fingerprint density at radius 3 is 2.53 bits per heavy atom. The fraction of sp³-hybridized carbons (Fsp3) is 0.500. The minimum atomic E-state index is -0.0379. The second-order valence-electron chi connectivity index (χ2n) is 4.22. The molecule has 0 unspecified atom stereocenters. The zero-order valence-electron chi connectivity index (χ0n) is 8.74. The number of phenolic OH excluding ortho intramolecular Hbond substituents is 2. The quantitative estimate of drug-likeness (QED) is 0.646. The molecule has 0 spiro atoms. The van der Waals surface area contributed by atoms with Gasteiger partial charge in [-0.3, -0.25) is 0 Å². The molecule has 15 heavy (non-hydrogen) atoms. The minimum Gasteiger partial charge on any atom is -0.504 e. The molecule has 3 heteroatoms. The van der Waals surface area contributed by atoms with Crippen LogP contribution in [0.2, 0.25) is 0 Å². The van der Waals surface area contributed by atoms with Gasteiger partial charge >= 0.3 is 0 Å². The van der Waals surface area contributed by atoms with E-state index in [1.54, 1.807) is 12.1 Å². The molecule has 0 radical (unpaired) electrons. The van der Waals surface area contributed by atoms with E-state index >= 15 is 0 Å². The summed E-state index contributed by atoms with van der Waals surface area (Å²) in [7, 11) is 0. The molecule has 0 amide bonds. The van der Waals surface area contributed by atoms with Crippen molar-refractivity contribution in [2.24, 2.45) is 5.92 Å². The lowest BCUT2D eigenvalue weighted by Crippen LogP contribution is -2.28. The van der Waals surface area contributed by atoms with E-state index < -0.39 is 0 Å². The molecule has 82 valence electrons. The monoisotopic (exact) mass is 207 g/mol. The summed E-state index contributed by atoms with van der Waals surface area (Å²) in [5, 5.41) is 21.9. The molecule has 0 bridgehead atoms. The van der Waals surface area contributed by atoms with E-state index in [4.69, 9.17) is 0 Å². The molecular weight excluding hydrogens is 190 g/mol. The van der Waals surface area contributed by atoms with Crippen LogP contribution in [0.1, 0.15) is 18.4 Å². The van der Waals surface area contributed by atoms with Gasteiger partial charge in [-0.05, 0) is 56.0 Å². The molecule has 1 fully saturated rings. The first-order chi connectivity index (χ1) is 7.25. The Morgan fingerprint density at radius 2 is 1.87 bits per heavy atom. The lowest BCUT2D eigenvalue weighted by atomic mass is 9.91. The van der Waals surface area contributed by atoms with Crippen LogP contribution >= 0.6 is 0 Å². The SMILES string of the molecule is Oc1ccc(CC2CCNCC2)cc1O. The van der Waals surface area contributed by atoms with Crippen LogP contribution in [0.5, 0.6) is 11.5 Å². The number of benzene rings is 1. The highest BCUT2D eigenvalue weighted by Gasteiger charge is 2.13. The van der Waals surface area contributed by atoms with Gasteiger partial charge in [0.25, 0.3) is 0 Å². The van der Waals surface area contributed by atoms with Crippen molar-refractivity contribution in [1.29, 1.82) is 0 Å². The third kappa shape index (κ3) is 2.63. The molecule has 0 saturated carbocycles. The maximum Gasteiger partial charge on any atom is 0.157 e. The number of nitrogens with one attached hydrogen (secondary N) is 1. The van der Waals surface area contributed by atoms with Crippen LogP contribution in [0.4, 0.5) is 0 Å². The predicted molar refractivity (Wildman–Crippen MR) is 59.1 cm³/mol. The van der Waals surface area contributed by atoms with E-state index in [-0.39, 0.29) is 11.5 Å². The molecule has 3 nitrogen and oxygen atoms in total. The number of hydrogen-bond donors (Lipinski definition) is 3. The largest absolute Gasteiger partial charge is 0.504 e. The minimum absolute atomic E-state index is 0.0126. The van der Waals surface area contributed by atoms with E-state index in [9.17, 15) is 10.2 Å². The van der Waals surface area contributed by atoms with Gasteiger partial charge in [0.2, 0.25) is 0 Å². The Balaban J connectivity index is 2.00. The standard InChI is InChI=1S/C12H17NO2/c14-11-2-1-10(8-12(11)15)7-9-3-5-13-6-4-9/h1-2,8-9,13-15H,3-7H2. The van der Waals surface area contributed by atoms with Crippen LogP contribution in [-0.2, 0) is 6.42 Å². The number of rotatable bonds is 2. The van der Waals surface area contributed by atoms with E-state index in [0.717, 1.165) is 25.1 Å². The average molecular weight is 207 g/mol. The fourth-order valence-corrected chi connectivity index (χ4v) is 2.12. The van der Waals surface area contributed by atoms with Gasteiger partial charge in [-0.15, -0.1) is 0 Å². The van der Waals surface area contributed by atoms with E-state index in [0.29, 0.717) is 5.92 Å². The Hall–Kier alpha value is -1.22. The van der Waals surface area contributed by atoms with Crippen molar-refractivity contribution in [3.63, 3.8) is 0 Å². The smallest absolute Gasteiger partial charge is 0.157 e. The van der Waals surface area contributed by atoms with Crippen LogP contribution in [-0.4, -0.2) is 23.3 Å². The summed E-state index contributed by atoms with van der Waals surface area (Å²) < 4.78 is 0. The summed E-state index contributed by atoms with van der Waals surface area (Å²) in [6.45, 7) is 2.18. The van der Waals surface area contributed by atoms with Gasteiger partial charge in [-0.2, -0.15) is 0 Å². The molecular formula is C12H17NO2. The zero-order chi connectivity index (χ0) is 10.7. The van der Waals surface area contributed by atoms with Crippen molar-refractivity contribution >= 4 is 0 Å². The van der Waals surface area contributed by atoms with Gasteiger partial charge < -0.3 is 15.5 Å². The Bertz CT molecular complexity index is 332. The Morgan fingerprint density at radius 1 is 1.13 bits per heavy atom. The zero-order valence-corrected chi connectivity index (χ0v) is 8.74. The van der Waals surface area contributed by atoms with Crippen LogP contribution in [0.3, 0.4) is 0 Å². The molecule has 1 aliphatic heterocycles. The lowest BCUT2D eigenvalue weighted by molar-refractivity contribution is 0.370. The normalized spacial score (nSPS) is 17.9. The van der Waals surface area contributed by atoms with Gasteiger partial charge in [-0.1, -0.05) is 6.07 Å². The van der Waals surface area contributed by atoms with Gasteiger partial charge in [0.1, 0.15) is 0 Å². The predicted octanol–water partition coefficient (Wildman–Crippen LogP) is 1.64. The van der Waals surface area contributed by atoms with Crippen molar-refractivity contribution < 1.29 is 10.2 Å². The number of phenols is 2. The summed E-state index contributed by atoms with van der Waals surface area (Å²) in [5.74, 6) is 0.653. The summed E-state index contributed by atoms with van der Waals surface area (Å²) >= 11 is 0. The summed E-state index contributed by atoms with van der Waals surface area (Å²) in [5.41, 5.74) is 1.11. The molecule has 1 aliphatic rings. The van der Waals surface area contributed by atoms with Crippen LogP contribution in [0.25, 0.3) is 0 Å². The first kappa shape index (κ1) is 10.3. The topological polar surface area (TPSA) is 52.5 Å². The van der Waals surface area contributed by atoms with Gasteiger partial charge in [0.15, 0.2) is 11.5 Å². The molecule has 1 saturated heterocycles. The van der Waals surface area contributed by atoms with E-state index in [1.807, 2.05) is 6.07 Å². The maximum absolute atomic E-state index is 9.37. The third-order valence-corrected chi connectivity index (χ3v) is 3.02. The fourth-order valence-electron chi connectivity index (χ4n) is 2.12. The molecule has 1 aromatic rings. The highest BCUT2D eigenvalue weighted by Crippen LogP contribution is 2.27. The third-order valence-electron chi connectivity index (χ3n) is 3.02. The second-order valence-corrected chi connectivity index (χ2v) is 4.22. The average Bonchev–Trinajstić information content (AvgIpc) is 2.25. The van der Waals surface area contributed by atoms with Crippen molar-refractivity contribution in [2.75, 3.05) is 13.1 Å². The van der Waals surface area contributed by atoms with Gasteiger partial charge in [0, 0.05) is 0 Å². The van der Waals surface area contributed by atoms with E-state index in [1.165, 1.54) is 12.8 Å². The highest BCUT2D eigenvalue weighted by molar-refractivity contribution is 5.40. The highest BCUT2D eigenvalue weighted by atomic mass is 16.3. The summed E-state index contributed by atoms with van der Waals surface area (Å²) in [4.78, 5) is 0. The Labute approximate surface area is 89.8 Å². The van der Waals surface area contributed by atoms with E-state index in [2.05, 4.69) is 5.32 Å². The summed E-state index contributed by atoms with van der Waals surface area (Å²) in [6.07, 6.45) is 3.39. The van der Waals surface area contributed by atoms with Crippen LogP contribution in [0, 0.1) is 5.92 Å². The first-order valence-electron chi connectivity index (χ1n) is 5.47. The first-order valence-corrected chi connectivity index (χ1v) is 5.47. The molecule has 0 atom stereocenters. The number of piperidine rings is 1. The molecule has 3 N–H and O–H groups in total. The van der Waals surface area contributed by atoms with Crippen molar-refractivity contribution in [3.05, 3.63) is 23.8 Å². The molecule has 0 aliphatic carbocycles.